The monoisotopic (exact) mass is 376 g/mol. The molecule has 0 fully saturated rings. The molecule has 0 bridgehead atoms. The number of aryl methyl sites for hydroxylation is 1. The van der Waals surface area contributed by atoms with Gasteiger partial charge in [-0.15, -0.1) is 0 Å². The molecule has 0 saturated carbocycles. The zero-order chi connectivity index (χ0) is 19.2. The molecule has 0 aliphatic rings. The van der Waals surface area contributed by atoms with Gasteiger partial charge in [0.15, 0.2) is 0 Å². The zero-order valence-corrected chi connectivity index (χ0v) is 15.3. The predicted molar refractivity (Wildman–Crippen MR) is 96.9 cm³/mol. The Hall–Kier alpha value is -2.71. The SMILES string of the molecule is CC(=O)Nc1ccc(S(=O)(=O)NCC(=O)OCc2cccc(C)c2)cc1. The Bertz CT molecular complexity index is 892. The van der Waals surface area contributed by atoms with E-state index in [1.54, 1.807) is 0 Å². The number of ether oxygens (including phenoxy) is 1. The summed E-state index contributed by atoms with van der Waals surface area (Å²) in [5.74, 6) is -0.931. The van der Waals surface area contributed by atoms with E-state index in [9.17, 15) is 18.0 Å². The topological polar surface area (TPSA) is 102 Å². The summed E-state index contributed by atoms with van der Waals surface area (Å²) in [6.45, 7) is 2.89. The quantitative estimate of drug-likeness (QED) is 0.720. The summed E-state index contributed by atoms with van der Waals surface area (Å²) >= 11 is 0. The normalized spacial score (nSPS) is 11.0. The number of carbonyl (C=O) groups is 2. The molecule has 138 valence electrons. The van der Waals surface area contributed by atoms with Crippen molar-refractivity contribution in [2.45, 2.75) is 25.3 Å². The van der Waals surface area contributed by atoms with Crippen molar-refractivity contribution in [3.8, 4) is 0 Å². The third-order valence-electron chi connectivity index (χ3n) is 3.37. The van der Waals surface area contributed by atoms with Crippen LogP contribution in [0, 0.1) is 6.92 Å². The average Bonchev–Trinajstić information content (AvgIpc) is 2.58. The van der Waals surface area contributed by atoms with E-state index in [0.29, 0.717) is 5.69 Å². The van der Waals surface area contributed by atoms with Crippen LogP contribution < -0.4 is 10.0 Å². The molecule has 0 heterocycles. The number of rotatable bonds is 7. The van der Waals surface area contributed by atoms with Gasteiger partial charge < -0.3 is 10.1 Å². The molecule has 8 heteroatoms. The van der Waals surface area contributed by atoms with Gasteiger partial charge in [0.2, 0.25) is 15.9 Å². The molecule has 26 heavy (non-hydrogen) atoms. The largest absolute Gasteiger partial charge is 0.460 e. The van der Waals surface area contributed by atoms with Crippen molar-refractivity contribution in [2.24, 2.45) is 0 Å². The van der Waals surface area contributed by atoms with E-state index in [1.165, 1.54) is 31.2 Å². The third-order valence-corrected chi connectivity index (χ3v) is 4.79. The lowest BCUT2D eigenvalue weighted by atomic mass is 10.1. The maximum atomic E-state index is 12.2. The van der Waals surface area contributed by atoms with Gasteiger partial charge in [0, 0.05) is 12.6 Å². The maximum absolute atomic E-state index is 12.2. The van der Waals surface area contributed by atoms with Crippen LogP contribution in [-0.2, 0) is 31.0 Å². The Kier molecular flexibility index (Phi) is 6.48. The summed E-state index contributed by atoms with van der Waals surface area (Å²) in [5.41, 5.74) is 2.35. The fraction of sp³-hybridized carbons (Fsp3) is 0.222. The second-order valence-corrected chi connectivity index (χ2v) is 7.45. The Morgan fingerprint density at radius 3 is 2.38 bits per heavy atom. The number of carbonyl (C=O) groups excluding carboxylic acids is 2. The molecule has 0 aromatic heterocycles. The second-order valence-electron chi connectivity index (χ2n) is 5.68. The molecule has 2 aromatic rings. The Balaban J connectivity index is 1.88. The molecule has 0 unspecified atom stereocenters. The first-order chi connectivity index (χ1) is 12.3. The number of sulfonamides is 1. The van der Waals surface area contributed by atoms with Gasteiger partial charge in [0.1, 0.15) is 13.2 Å². The van der Waals surface area contributed by atoms with E-state index in [1.807, 2.05) is 31.2 Å². The minimum atomic E-state index is -3.85. The van der Waals surface area contributed by atoms with Gasteiger partial charge in [-0.05, 0) is 36.8 Å². The van der Waals surface area contributed by atoms with Crippen molar-refractivity contribution in [1.82, 2.24) is 4.72 Å². The van der Waals surface area contributed by atoms with Gasteiger partial charge in [-0.2, -0.15) is 4.72 Å². The highest BCUT2D eigenvalue weighted by Crippen LogP contribution is 2.14. The molecule has 0 atom stereocenters. The van der Waals surface area contributed by atoms with Gasteiger partial charge in [-0.25, -0.2) is 8.42 Å². The van der Waals surface area contributed by atoms with Crippen molar-refractivity contribution in [1.29, 1.82) is 0 Å². The molecule has 0 saturated heterocycles. The second kappa shape index (κ2) is 8.59. The fourth-order valence-electron chi connectivity index (χ4n) is 2.17. The van der Waals surface area contributed by atoms with E-state index in [-0.39, 0.29) is 17.4 Å². The number of benzene rings is 2. The molecule has 0 radical (unpaired) electrons. The molecular weight excluding hydrogens is 356 g/mol. The minimum Gasteiger partial charge on any atom is -0.460 e. The smallest absolute Gasteiger partial charge is 0.321 e. The van der Waals surface area contributed by atoms with Crippen LogP contribution in [0.2, 0.25) is 0 Å². The predicted octanol–water partition coefficient (Wildman–Crippen LogP) is 1.98. The number of amides is 1. The van der Waals surface area contributed by atoms with Crippen molar-refractivity contribution in [3.63, 3.8) is 0 Å². The van der Waals surface area contributed by atoms with Crippen LogP contribution in [0.3, 0.4) is 0 Å². The van der Waals surface area contributed by atoms with Gasteiger partial charge in [-0.1, -0.05) is 29.8 Å². The van der Waals surface area contributed by atoms with Crippen LogP contribution in [0.1, 0.15) is 18.1 Å². The maximum Gasteiger partial charge on any atom is 0.321 e. The highest BCUT2D eigenvalue weighted by Gasteiger charge is 2.16. The van der Waals surface area contributed by atoms with Crippen molar-refractivity contribution in [3.05, 3.63) is 59.7 Å². The van der Waals surface area contributed by atoms with Crippen molar-refractivity contribution < 1.29 is 22.7 Å². The summed E-state index contributed by atoms with van der Waals surface area (Å²) < 4.78 is 31.6. The van der Waals surface area contributed by atoms with Gasteiger partial charge in [0.25, 0.3) is 0 Å². The molecule has 2 rings (SSSR count). The third kappa shape index (κ3) is 5.98. The molecule has 0 aliphatic heterocycles. The number of nitrogens with one attached hydrogen (secondary N) is 2. The summed E-state index contributed by atoms with van der Waals surface area (Å²) in [7, 11) is -3.85. The lowest BCUT2D eigenvalue weighted by Gasteiger charge is -2.09. The minimum absolute atomic E-state index is 0.0157. The highest BCUT2D eigenvalue weighted by molar-refractivity contribution is 7.89. The average molecular weight is 376 g/mol. The molecule has 0 spiro atoms. The van der Waals surface area contributed by atoms with E-state index >= 15 is 0 Å². The summed E-state index contributed by atoms with van der Waals surface area (Å²) in [5, 5.41) is 2.54. The Morgan fingerprint density at radius 2 is 1.77 bits per heavy atom. The van der Waals surface area contributed by atoms with Crippen LogP contribution in [0.5, 0.6) is 0 Å². The van der Waals surface area contributed by atoms with E-state index in [2.05, 4.69) is 10.0 Å². The van der Waals surface area contributed by atoms with Crippen molar-refractivity contribution >= 4 is 27.6 Å². The van der Waals surface area contributed by atoms with E-state index in [4.69, 9.17) is 4.74 Å². The molecule has 7 nitrogen and oxygen atoms in total. The summed E-state index contributed by atoms with van der Waals surface area (Å²) in [6.07, 6.45) is 0. The number of hydrogen-bond acceptors (Lipinski definition) is 5. The lowest BCUT2D eigenvalue weighted by molar-refractivity contribution is -0.143. The standard InChI is InChI=1S/C18H20N2O5S/c1-13-4-3-5-15(10-13)12-25-18(22)11-19-26(23,24)17-8-6-16(7-9-17)20-14(2)21/h3-10,19H,11-12H2,1-2H3,(H,20,21). The Labute approximate surface area is 152 Å². The zero-order valence-electron chi connectivity index (χ0n) is 14.5. The summed E-state index contributed by atoms with van der Waals surface area (Å²) in [4.78, 5) is 22.7. The van der Waals surface area contributed by atoms with Gasteiger partial charge >= 0.3 is 5.97 Å². The Morgan fingerprint density at radius 1 is 1.08 bits per heavy atom. The molecular formula is C18H20N2O5S. The van der Waals surface area contributed by atoms with Crippen LogP contribution in [0.15, 0.2) is 53.4 Å². The first-order valence-electron chi connectivity index (χ1n) is 7.85. The van der Waals surface area contributed by atoms with Crippen LogP contribution in [0.4, 0.5) is 5.69 Å². The van der Waals surface area contributed by atoms with Crippen molar-refractivity contribution in [2.75, 3.05) is 11.9 Å². The molecule has 2 aromatic carbocycles. The fourth-order valence-corrected chi connectivity index (χ4v) is 3.14. The van der Waals surface area contributed by atoms with Gasteiger partial charge in [0.05, 0.1) is 4.90 Å². The summed E-state index contributed by atoms with van der Waals surface area (Å²) in [6, 6.07) is 13.1. The van der Waals surface area contributed by atoms with Gasteiger partial charge in [-0.3, -0.25) is 9.59 Å². The van der Waals surface area contributed by atoms with Crippen LogP contribution in [-0.4, -0.2) is 26.8 Å². The number of hydrogen-bond donors (Lipinski definition) is 2. The van der Waals surface area contributed by atoms with E-state index < -0.39 is 22.5 Å². The molecule has 1 amide bonds. The molecule has 2 N–H and O–H groups in total. The molecule has 0 aliphatic carbocycles. The van der Waals surface area contributed by atoms with E-state index in [0.717, 1.165) is 11.1 Å². The van der Waals surface area contributed by atoms with Crippen LogP contribution in [0.25, 0.3) is 0 Å². The van der Waals surface area contributed by atoms with Crippen LogP contribution >= 0.6 is 0 Å². The number of esters is 1. The number of anilines is 1. The first-order valence-corrected chi connectivity index (χ1v) is 9.33. The lowest BCUT2D eigenvalue weighted by Crippen LogP contribution is -2.30. The highest BCUT2D eigenvalue weighted by atomic mass is 32.2. The first kappa shape index (κ1) is 19.6.